The number of ether oxygens (including phenoxy) is 2. The van der Waals surface area contributed by atoms with Gasteiger partial charge in [-0.1, -0.05) is 24.3 Å². The summed E-state index contributed by atoms with van der Waals surface area (Å²) >= 11 is 0. The predicted molar refractivity (Wildman–Crippen MR) is 44.8 cm³/mol. The largest absolute Gasteiger partial charge is 0.391 e. The lowest BCUT2D eigenvalue weighted by Gasteiger charge is -2.03. The molecule has 0 atom stereocenters. The maximum absolute atomic E-state index is 8.97. The molecule has 0 amide bonds. The van der Waals surface area contributed by atoms with Gasteiger partial charge in [-0.3, -0.25) is 0 Å². The monoisotopic (exact) mass is 178 g/mol. The van der Waals surface area contributed by atoms with E-state index < -0.39 is 11.6 Å². The molecular weight excluding hydrogens is 168 g/mol. The molecule has 1 aromatic rings. The summed E-state index contributed by atoms with van der Waals surface area (Å²) in [5.74, 6) is -1.30. The van der Waals surface area contributed by atoms with E-state index >= 15 is 0 Å². The van der Waals surface area contributed by atoms with Gasteiger partial charge in [-0.15, -0.1) is 0 Å². The van der Waals surface area contributed by atoms with Crippen LogP contribution in [0.5, 0.6) is 0 Å². The third-order valence-corrected chi connectivity index (χ3v) is 2.74. The van der Waals surface area contributed by atoms with E-state index in [2.05, 4.69) is 0 Å². The molecule has 1 N–H and O–H groups in total. The Hall–Kier alpha value is -0.900. The van der Waals surface area contributed by atoms with E-state index in [0.717, 1.165) is 11.1 Å². The fourth-order valence-corrected chi connectivity index (χ4v) is 1.85. The average molecular weight is 178 g/mol. The molecule has 2 aliphatic rings. The number of hydrogen-bond donors (Lipinski definition) is 1. The molecule has 0 radical (unpaired) electrons. The molecular formula is C10H10O3. The van der Waals surface area contributed by atoms with E-state index in [1.165, 1.54) is 0 Å². The van der Waals surface area contributed by atoms with E-state index in [9.17, 15) is 0 Å². The Morgan fingerprint density at radius 2 is 2.00 bits per heavy atom. The molecule has 0 aliphatic carbocycles. The summed E-state index contributed by atoms with van der Waals surface area (Å²) in [6.07, 6.45) is 0. The van der Waals surface area contributed by atoms with Crippen LogP contribution in [0.2, 0.25) is 0 Å². The van der Waals surface area contributed by atoms with Crippen LogP contribution in [0.3, 0.4) is 0 Å². The van der Waals surface area contributed by atoms with Gasteiger partial charge in [0.05, 0.1) is 0 Å². The zero-order valence-electron chi connectivity index (χ0n) is 7.28. The van der Waals surface area contributed by atoms with Crippen molar-refractivity contribution in [1.29, 1.82) is 0 Å². The lowest BCUT2D eigenvalue weighted by molar-refractivity contribution is -0.114. The van der Waals surface area contributed by atoms with Crippen LogP contribution in [0.25, 0.3) is 0 Å². The van der Waals surface area contributed by atoms with Crippen molar-refractivity contribution in [3.63, 3.8) is 0 Å². The quantitative estimate of drug-likeness (QED) is 0.684. The first-order valence-corrected chi connectivity index (χ1v) is 4.31. The van der Waals surface area contributed by atoms with Crippen molar-refractivity contribution < 1.29 is 14.6 Å². The van der Waals surface area contributed by atoms with Crippen LogP contribution in [0.15, 0.2) is 24.3 Å². The Morgan fingerprint density at radius 3 is 2.54 bits per heavy atom. The number of rotatable bonds is 2. The molecule has 0 spiro atoms. The molecule has 0 aromatic heterocycles. The number of aryl methyl sites for hydroxylation is 1. The second-order valence-electron chi connectivity index (χ2n) is 3.55. The molecule has 2 saturated heterocycles. The first kappa shape index (κ1) is 7.50. The summed E-state index contributed by atoms with van der Waals surface area (Å²) in [5.41, 5.74) is 2.17. The van der Waals surface area contributed by atoms with Gasteiger partial charge in [-0.2, -0.15) is 0 Å². The summed E-state index contributed by atoms with van der Waals surface area (Å²) < 4.78 is 10.6. The average Bonchev–Trinajstić information content (AvgIpc) is 2.90. The minimum Gasteiger partial charge on any atom is -0.391 e. The number of hydrogen-bond acceptors (Lipinski definition) is 3. The molecule has 3 rings (SSSR count). The van der Waals surface area contributed by atoms with Crippen molar-refractivity contribution in [3.05, 3.63) is 35.4 Å². The first-order valence-electron chi connectivity index (χ1n) is 4.31. The van der Waals surface area contributed by atoms with Gasteiger partial charge in [-0.05, 0) is 12.5 Å². The van der Waals surface area contributed by atoms with Crippen LogP contribution in [0.1, 0.15) is 11.1 Å². The maximum atomic E-state index is 8.97. The van der Waals surface area contributed by atoms with Crippen LogP contribution in [0, 0.1) is 6.92 Å². The van der Waals surface area contributed by atoms with Crippen LogP contribution in [-0.4, -0.2) is 17.5 Å². The van der Waals surface area contributed by atoms with E-state index in [4.69, 9.17) is 14.6 Å². The summed E-state index contributed by atoms with van der Waals surface area (Å²) in [6, 6.07) is 7.90. The van der Waals surface area contributed by atoms with Gasteiger partial charge in [0.15, 0.2) is 0 Å². The Morgan fingerprint density at radius 1 is 1.31 bits per heavy atom. The van der Waals surface area contributed by atoms with Crippen molar-refractivity contribution in [2.75, 3.05) is 6.61 Å². The van der Waals surface area contributed by atoms with Gasteiger partial charge in [0, 0.05) is 5.56 Å². The Bertz CT molecular complexity index is 366. The lowest BCUT2D eigenvalue weighted by atomic mass is 10.0. The Kier molecular flexibility index (Phi) is 1.12. The zero-order valence-corrected chi connectivity index (χ0v) is 7.28. The van der Waals surface area contributed by atoms with Crippen molar-refractivity contribution >= 4 is 0 Å². The molecule has 1 aromatic carbocycles. The highest BCUT2D eigenvalue weighted by atomic mass is 17.1. The molecule has 0 bridgehead atoms. The minimum absolute atomic E-state index is 0.0681. The molecule has 68 valence electrons. The fourth-order valence-electron chi connectivity index (χ4n) is 1.85. The summed E-state index contributed by atoms with van der Waals surface area (Å²) in [6.45, 7) is 1.94. The highest BCUT2D eigenvalue weighted by molar-refractivity contribution is 5.41. The number of benzene rings is 1. The van der Waals surface area contributed by atoms with E-state index in [0.29, 0.717) is 0 Å². The normalized spacial score (nSPS) is 39.8. The van der Waals surface area contributed by atoms with Crippen molar-refractivity contribution in [3.8, 4) is 0 Å². The zero-order chi connectivity index (χ0) is 9.10. The molecule has 0 unspecified atom stereocenters. The van der Waals surface area contributed by atoms with E-state index in [-0.39, 0.29) is 6.61 Å². The van der Waals surface area contributed by atoms with Gasteiger partial charge in [0.2, 0.25) is 0 Å². The highest BCUT2D eigenvalue weighted by Gasteiger charge is 2.92. The molecule has 2 fully saturated rings. The molecule has 0 saturated carbocycles. The van der Waals surface area contributed by atoms with Gasteiger partial charge in [-0.25, -0.2) is 0 Å². The lowest BCUT2D eigenvalue weighted by Crippen LogP contribution is -2.03. The smallest absolute Gasteiger partial charge is 0.259 e. The number of epoxide rings is 2. The SMILES string of the molecule is Cc1ccccc1C12OC1(CO)O2. The molecule has 2 aliphatic heterocycles. The predicted octanol–water partition coefficient (Wildman–Crippen LogP) is 0.897. The molecule has 3 heteroatoms. The van der Waals surface area contributed by atoms with Crippen LogP contribution in [0.4, 0.5) is 0 Å². The molecule has 2 heterocycles. The molecule has 13 heavy (non-hydrogen) atoms. The standard InChI is InChI=1S/C10H10O3/c1-7-4-2-3-5-8(7)10-9(6-11,12-10)13-10/h2-5,11H,6H2,1H3. The van der Waals surface area contributed by atoms with Crippen molar-refractivity contribution in [2.24, 2.45) is 0 Å². The van der Waals surface area contributed by atoms with Crippen LogP contribution < -0.4 is 0 Å². The Labute approximate surface area is 75.9 Å². The maximum Gasteiger partial charge on any atom is 0.259 e. The van der Waals surface area contributed by atoms with Crippen LogP contribution >= 0.6 is 0 Å². The Balaban J connectivity index is 2.01. The van der Waals surface area contributed by atoms with E-state index in [1.54, 1.807) is 0 Å². The molecule has 3 nitrogen and oxygen atoms in total. The topological polar surface area (TPSA) is 45.3 Å². The number of aliphatic hydroxyl groups excluding tert-OH is 1. The van der Waals surface area contributed by atoms with Gasteiger partial charge < -0.3 is 14.6 Å². The van der Waals surface area contributed by atoms with Crippen molar-refractivity contribution in [1.82, 2.24) is 0 Å². The second kappa shape index (κ2) is 1.95. The van der Waals surface area contributed by atoms with Crippen molar-refractivity contribution in [2.45, 2.75) is 18.5 Å². The number of aliphatic hydroxyl groups is 1. The first-order chi connectivity index (χ1) is 6.24. The second-order valence-corrected chi connectivity index (χ2v) is 3.55. The fraction of sp³-hybridized carbons (Fsp3) is 0.400. The van der Waals surface area contributed by atoms with Gasteiger partial charge in [0.1, 0.15) is 6.61 Å². The van der Waals surface area contributed by atoms with Gasteiger partial charge in [0.25, 0.3) is 11.6 Å². The van der Waals surface area contributed by atoms with E-state index in [1.807, 2.05) is 31.2 Å². The minimum atomic E-state index is -0.695. The summed E-state index contributed by atoms with van der Waals surface area (Å²) in [5, 5.41) is 8.97. The third kappa shape index (κ3) is 0.705. The van der Waals surface area contributed by atoms with Gasteiger partial charge >= 0.3 is 0 Å². The third-order valence-electron chi connectivity index (χ3n) is 2.74. The summed E-state index contributed by atoms with van der Waals surface area (Å²) in [4.78, 5) is 0. The number of fused-ring (bicyclic) bond motifs is 1. The van der Waals surface area contributed by atoms with Crippen LogP contribution in [-0.2, 0) is 15.3 Å². The highest BCUT2D eigenvalue weighted by Crippen LogP contribution is 2.73. The summed E-state index contributed by atoms with van der Waals surface area (Å²) in [7, 11) is 0.